The zero-order chi connectivity index (χ0) is 29.5. The third-order valence-corrected chi connectivity index (χ3v) is 8.04. The number of Topliss-reactive ketones (excluding diaryl/α,β-unsaturated/α-hetero) is 1. The molecule has 3 atom stereocenters. The summed E-state index contributed by atoms with van der Waals surface area (Å²) in [6.07, 6.45) is 2.15. The van der Waals surface area contributed by atoms with Gasteiger partial charge >= 0.3 is 6.09 Å². The molecule has 2 aliphatic rings. The first-order valence-corrected chi connectivity index (χ1v) is 14.6. The molecule has 0 aromatic heterocycles. The lowest BCUT2D eigenvalue weighted by Crippen LogP contribution is -2.56. The Morgan fingerprint density at radius 3 is 2.26 bits per heavy atom. The first kappa shape index (κ1) is 32.0. The second-order valence-corrected chi connectivity index (χ2v) is 12.9. The maximum atomic E-state index is 13.5. The Morgan fingerprint density at radius 2 is 1.72 bits per heavy atom. The largest absolute Gasteiger partial charge is 0.444 e. The van der Waals surface area contributed by atoms with E-state index in [4.69, 9.17) is 4.74 Å². The van der Waals surface area contributed by atoms with Crippen molar-refractivity contribution in [2.75, 3.05) is 6.54 Å². The number of alkyl carbamates (subject to hydrolysis) is 1. The molecule has 0 spiro atoms. The highest BCUT2D eigenvalue weighted by Gasteiger charge is 2.41. The summed E-state index contributed by atoms with van der Waals surface area (Å²) in [7, 11) is -3.82. The number of ketones is 1. The van der Waals surface area contributed by atoms with Gasteiger partial charge in [0.2, 0.25) is 21.8 Å². The van der Waals surface area contributed by atoms with Crippen molar-refractivity contribution in [3.8, 4) is 0 Å². The molecule has 13 heteroatoms. The summed E-state index contributed by atoms with van der Waals surface area (Å²) >= 11 is 0. The molecule has 0 bridgehead atoms. The Hall–Kier alpha value is -3.22. The second kappa shape index (κ2) is 13.2. The van der Waals surface area contributed by atoms with Gasteiger partial charge in [0.25, 0.3) is 5.91 Å². The lowest BCUT2D eigenvalue weighted by atomic mass is 10.0. The number of nitrogens with one attached hydrogen (secondary N) is 3. The van der Waals surface area contributed by atoms with Crippen molar-refractivity contribution in [2.24, 2.45) is 0 Å². The highest BCUT2D eigenvalue weighted by molar-refractivity contribution is 7.90. The molecule has 1 saturated carbocycles. The van der Waals surface area contributed by atoms with Gasteiger partial charge in [-0.1, -0.05) is 12.7 Å². The predicted molar refractivity (Wildman–Crippen MR) is 144 cm³/mol. The highest BCUT2D eigenvalue weighted by Crippen LogP contribution is 2.27. The lowest BCUT2D eigenvalue weighted by molar-refractivity contribution is -0.141. The van der Waals surface area contributed by atoms with E-state index in [9.17, 15) is 32.4 Å². The number of sulfonamides is 1. The van der Waals surface area contributed by atoms with Crippen LogP contribution in [0.4, 0.5) is 4.79 Å². The number of carbonyl (C=O) groups excluding carboxylic acids is 5. The van der Waals surface area contributed by atoms with Crippen molar-refractivity contribution in [1.29, 1.82) is 0 Å². The van der Waals surface area contributed by atoms with Crippen molar-refractivity contribution in [3.05, 3.63) is 24.8 Å². The topological polar surface area (TPSA) is 168 Å². The van der Waals surface area contributed by atoms with Gasteiger partial charge in [-0.3, -0.25) is 23.9 Å². The van der Waals surface area contributed by atoms with Crippen molar-refractivity contribution >= 4 is 39.6 Å². The Balaban J connectivity index is 2.16. The van der Waals surface area contributed by atoms with E-state index >= 15 is 0 Å². The molecule has 1 aliphatic carbocycles. The average molecular weight is 569 g/mol. The Kier molecular flexibility index (Phi) is 10.8. The van der Waals surface area contributed by atoms with Crippen molar-refractivity contribution in [3.63, 3.8) is 0 Å². The minimum absolute atomic E-state index is 0.0235. The van der Waals surface area contributed by atoms with E-state index in [2.05, 4.69) is 23.8 Å². The molecule has 4 amide bonds. The van der Waals surface area contributed by atoms with Crippen LogP contribution in [0, 0.1) is 0 Å². The number of likely N-dealkylation sites (tertiary alicyclic amines) is 1. The summed E-state index contributed by atoms with van der Waals surface area (Å²) in [4.78, 5) is 65.3. The van der Waals surface area contributed by atoms with Crippen molar-refractivity contribution in [2.45, 2.75) is 102 Å². The second-order valence-electron chi connectivity index (χ2n) is 10.9. The van der Waals surface area contributed by atoms with Crippen molar-refractivity contribution < 1.29 is 37.1 Å². The molecule has 1 heterocycles. The standard InChI is InChI=1S/C26H40N4O8S/c1-7-9-18(22(32)29-39(36,37)17-11-12-17)27-23(33)20-10-8-15-30(20)24(34)19(13-14-21(31)16(2)3)28-25(35)38-26(4,5)6/h7,17-20H,1-2,8-15H2,3-6H3,(H,27,33)(H,28,35)(H,29,32)/t18?,19-,20-/m0/s1. The van der Waals surface area contributed by atoms with Gasteiger partial charge in [0.15, 0.2) is 5.78 Å². The number of nitrogens with zero attached hydrogens (tertiary/aromatic N) is 1. The van der Waals surface area contributed by atoms with E-state index in [1.807, 2.05) is 4.72 Å². The molecule has 3 N–H and O–H groups in total. The zero-order valence-electron chi connectivity index (χ0n) is 23.1. The third kappa shape index (κ3) is 9.79. The molecule has 0 aromatic rings. The molecule has 0 radical (unpaired) electrons. The molecule has 2 rings (SSSR count). The fraction of sp³-hybridized carbons (Fsp3) is 0.654. The van der Waals surface area contributed by atoms with Gasteiger partial charge < -0.3 is 20.3 Å². The summed E-state index contributed by atoms with van der Waals surface area (Å²) in [5, 5.41) is 4.44. The number of allylic oxidation sites excluding steroid dienone is 1. The zero-order valence-corrected chi connectivity index (χ0v) is 23.9. The van der Waals surface area contributed by atoms with Gasteiger partial charge in [-0.15, -0.1) is 6.58 Å². The normalized spacial score (nSPS) is 18.9. The van der Waals surface area contributed by atoms with Crippen LogP contribution < -0.4 is 15.4 Å². The van der Waals surface area contributed by atoms with Gasteiger partial charge in [-0.25, -0.2) is 13.2 Å². The smallest absolute Gasteiger partial charge is 0.408 e. The fourth-order valence-electron chi connectivity index (χ4n) is 4.04. The van der Waals surface area contributed by atoms with Crippen LogP contribution in [0.3, 0.4) is 0 Å². The first-order valence-electron chi connectivity index (χ1n) is 13.0. The summed E-state index contributed by atoms with van der Waals surface area (Å²) in [6.45, 7) is 13.9. The summed E-state index contributed by atoms with van der Waals surface area (Å²) in [6, 6.07) is -3.31. The van der Waals surface area contributed by atoms with Crippen LogP contribution >= 0.6 is 0 Å². The summed E-state index contributed by atoms with van der Waals surface area (Å²) < 4.78 is 31.7. The minimum Gasteiger partial charge on any atom is -0.444 e. The highest BCUT2D eigenvalue weighted by atomic mass is 32.2. The Labute approximate surface area is 230 Å². The van der Waals surface area contributed by atoms with Crippen LogP contribution in [0.5, 0.6) is 0 Å². The van der Waals surface area contributed by atoms with Crippen LogP contribution in [0.1, 0.15) is 72.6 Å². The summed E-state index contributed by atoms with van der Waals surface area (Å²) in [5.74, 6) is -2.36. The number of amides is 4. The van der Waals surface area contributed by atoms with E-state index < -0.39 is 62.8 Å². The van der Waals surface area contributed by atoms with Gasteiger partial charge in [-0.2, -0.15) is 0 Å². The summed E-state index contributed by atoms with van der Waals surface area (Å²) in [5.41, 5.74) is -0.512. The van der Waals surface area contributed by atoms with Crippen LogP contribution in [-0.2, 0) is 33.9 Å². The van der Waals surface area contributed by atoms with Gasteiger partial charge in [0.05, 0.1) is 5.25 Å². The lowest BCUT2D eigenvalue weighted by Gasteiger charge is -2.30. The predicted octanol–water partition coefficient (Wildman–Crippen LogP) is 1.47. The average Bonchev–Trinajstić information content (AvgIpc) is 3.57. The quantitative estimate of drug-likeness (QED) is 0.222. The maximum Gasteiger partial charge on any atom is 0.408 e. The SMILES string of the molecule is C=CCC(NC(=O)[C@@H]1CCCN1C(=O)[C@H](CCC(=O)C(=C)C)NC(=O)OC(C)(C)C)C(=O)NS(=O)(=O)C1CC1. The number of hydrogen-bond acceptors (Lipinski definition) is 8. The molecule has 0 aromatic carbocycles. The molecule has 2 fully saturated rings. The number of carbonyl (C=O) groups is 5. The van der Waals surface area contributed by atoms with E-state index in [-0.39, 0.29) is 31.6 Å². The molecule has 218 valence electrons. The van der Waals surface area contributed by atoms with E-state index in [0.717, 1.165) is 0 Å². The van der Waals surface area contributed by atoms with E-state index in [1.165, 1.54) is 11.0 Å². The third-order valence-electron chi connectivity index (χ3n) is 6.21. The first-order chi connectivity index (χ1) is 18.1. The molecular weight excluding hydrogens is 528 g/mol. The number of hydrogen-bond donors (Lipinski definition) is 3. The van der Waals surface area contributed by atoms with Crippen LogP contribution in [0.2, 0.25) is 0 Å². The Morgan fingerprint density at radius 1 is 1.08 bits per heavy atom. The van der Waals surface area contributed by atoms with Gasteiger partial charge in [0.1, 0.15) is 23.7 Å². The number of ether oxygens (including phenoxy) is 1. The van der Waals surface area contributed by atoms with E-state index in [0.29, 0.717) is 31.3 Å². The van der Waals surface area contributed by atoms with Crippen LogP contribution in [0.15, 0.2) is 24.8 Å². The fourth-order valence-corrected chi connectivity index (χ4v) is 5.38. The number of rotatable bonds is 13. The van der Waals surface area contributed by atoms with E-state index in [1.54, 1.807) is 27.7 Å². The minimum atomic E-state index is -3.82. The van der Waals surface area contributed by atoms with Crippen LogP contribution in [0.25, 0.3) is 0 Å². The molecule has 1 saturated heterocycles. The molecule has 1 unspecified atom stereocenters. The molecule has 1 aliphatic heterocycles. The van der Waals surface area contributed by atoms with Gasteiger partial charge in [-0.05, 0) is 71.8 Å². The molecular formula is C26H40N4O8S. The molecule has 39 heavy (non-hydrogen) atoms. The Bertz CT molecular complexity index is 1110. The molecule has 12 nitrogen and oxygen atoms in total. The van der Waals surface area contributed by atoms with Gasteiger partial charge in [0, 0.05) is 13.0 Å². The van der Waals surface area contributed by atoms with Crippen molar-refractivity contribution in [1.82, 2.24) is 20.3 Å². The monoisotopic (exact) mass is 568 g/mol. The maximum absolute atomic E-state index is 13.5. The van der Waals surface area contributed by atoms with Crippen LogP contribution in [-0.4, -0.2) is 78.4 Å².